The van der Waals surface area contributed by atoms with Crippen molar-refractivity contribution in [3.63, 3.8) is 0 Å². The molecule has 1 aromatic rings. The standard InChI is InChI=1S/C19H28N2/c1-2-4-19-17(3-1)11-12-21(19)14-16-7-5-15(6-8-16)13-20-18-9-10-18/h5-8,17-20H,1-4,9-14H2. The highest BCUT2D eigenvalue weighted by Crippen LogP contribution is 2.36. The summed E-state index contributed by atoms with van der Waals surface area (Å²) < 4.78 is 0. The van der Waals surface area contributed by atoms with E-state index in [1.807, 2.05) is 0 Å². The van der Waals surface area contributed by atoms with E-state index in [9.17, 15) is 0 Å². The predicted octanol–water partition coefficient (Wildman–Crippen LogP) is 3.70. The van der Waals surface area contributed by atoms with Crippen molar-refractivity contribution in [3.8, 4) is 0 Å². The molecule has 2 aliphatic carbocycles. The first kappa shape index (κ1) is 13.8. The number of benzene rings is 1. The van der Waals surface area contributed by atoms with Gasteiger partial charge in [-0.3, -0.25) is 4.90 Å². The summed E-state index contributed by atoms with van der Waals surface area (Å²) in [4.78, 5) is 2.75. The van der Waals surface area contributed by atoms with Gasteiger partial charge in [0.1, 0.15) is 0 Å². The average molecular weight is 284 g/mol. The van der Waals surface area contributed by atoms with Crippen LogP contribution in [0.25, 0.3) is 0 Å². The van der Waals surface area contributed by atoms with Crippen molar-refractivity contribution in [2.75, 3.05) is 6.54 Å². The van der Waals surface area contributed by atoms with Crippen LogP contribution in [-0.2, 0) is 13.1 Å². The lowest BCUT2D eigenvalue weighted by Crippen LogP contribution is -2.34. The molecular formula is C19H28N2. The average Bonchev–Trinajstić information content (AvgIpc) is 3.28. The number of fused-ring (bicyclic) bond motifs is 1. The highest BCUT2D eigenvalue weighted by Gasteiger charge is 2.35. The first-order valence-electron chi connectivity index (χ1n) is 8.94. The Morgan fingerprint density at radius 2 is 1.67 bits per heavy atom. The highest BCUT2D eigenvalue weighted by molar-refractivity contribution is 5.23. The van der Waals surface area contributed by atoms with Crippen LogP contribution >= 0.6 is 0 Å². The van der Waals surface area contributed by atoms with Crippen molar-refractivity contribution < 1.29 is 0 Å². The van der Waals surface area contributed by atoms with Gasteiger partial charge >= 0.3 is 0 Å². The second kappa shape index (κ2) is 6.10. The van der Waals surface area contributed by atoms with E-state index in [1.54, 1.807) is 0 Å². The lowest BCUT2D eigenvalue weighted by Gasteiger charge is -2.31. The monoisotopic (exact) mass is 284 g/mol. The lowest BCUT2D eigenvalue weighted by atomic mass is 9.85. The van der Waals surface area contributed by atoms with Crippen LogP contribution in [0.5, 0.6) is 0 Å². The summed E-state index contributed by atoms with van der Waals surface area (Å²) in [7, 11) is 0. The number of hydrogen-bond acceptors (Lipinski definition) is 2. The molecular weight excluding hydrogens is 256 g/mol. The molecule has 1 saturated heterocycles. The van der Waals surface area contributed by atoms with Gasteiger partial charge in [0.15, 0.2) is 0 Å². The fourth-order valence-electron chi connectivity index (χ4n) is 4.25. The quantitative estimate of drug-likeness (QED) is 0.887. The first-order chi connectivity index (χ1) is 10.4. The van der Waals surface area contributed by atoms with E-state index in [2.05, 4.69) is 34.5 Å². The van der Waals surface area contributed by atoms with Crippen molar-refractivity contribution >= 4 is 0 Å². The summed E-state index contributed by atoms with van der Waals surface area (Å²) in [6, 6.07) is 11.0. The largest absolute Gasteiger partial charge is 0.310 e. The van der Waals surface area contributed by atoms with Crippen LogP contribution in [0.4, 0.5) is 0 Å². The van der Waals surface area contributed by atoms with Crippen molar-refractivity contribution in [1.29, 1.82) is 0 Å². The molecule has 1 N–H and O–H groups in total. The Balaban J connectivity index is 1.33. The molecule has 4 rings (SSSR count). The molecule has 3 fully saturated rings. The first-order valence-corrected chi connectivity index (χ1v) is 8.94. The van der Waals surface area contributed by atoms with Gasteiger partial charge in [0.2, 0.25) is 0 Å². The molecule has 21 heavy (non-hydrogen) atoms. The van der Waals surface area contributed by atoms with Gasteiger partial charge in [0.25, 0.3) is 0 Å². The summed E-state index contributed by atoms with van der Waals surface area (Å²) >= 11 is 0. The molecule has 1 aliphatic heterocycles. The molecule has 2 atom stereocenters. The minimum Gasteiger partial charge on any atom is -0.310 e. The molecule has 2 unspecified atom stereocenters. The lowest BCUT2D eigenvalue weighted by molar-refractivity contribution is 0.176. The molecule has 0 spiro atoms. The van der Waals surface area contributed by atoms with Crippen LogP contribution < -0.4 is 5.32 Å². The SMILES string of the molecule is c1cc(CN2CCC3CCCCC32)ccc1CNC1CC1. The van der Waals surface area contributed by atoms with E-state index >= 15 is 0 Å². The van der Waals surface area contributed by atoms with E-state index in [-0.39, 0.29) is 0 Å². The molecule has 3 aliphatic rings. The van der Waals surface area contributed by atoms with Gasteiger partial charge < -0.3 is 5.32 Å². The second-order valence-electron chi connectivity index (χ2n) is 7.34. The Bertz CT molecular complexity index is 463. The number of nitrogens with one attached hydrogen (secondary N) is 1. The predicted molar refractivity (Wildman–Crippen MR) is 87.1 cm³/mol. The fraction of sp³-hybridized carbons (Fsp3) is 0.684. The van der Waals surface area contributed by atoms with Crippen LogP contribution in [0.1, 0.15) is 56.1 Å². The summed E-state index contributed by atoms with van der Waals surface area (Å²) in [6.45, 7) is 3.52. The van der Waals surface area contributed by atoms with Crippen LogP contribution in [0.2, 0.25) is 0 Å². The van der Waals surface area contributed by atoms with Gasteiger partial charge in [-0.05, 0) is 55.7 Å². The van der Waals surface area contributed by atoms with Crippen LogP contribution in [-0.4, -0.2) is 23.5 Å². The summed E-state index contributed by atoms with van der Waals surface area (Å²) in [5.41, 5.74) is 2.93. The van der Waals surface area contributed by atoms with Gasteiger partial charge in [0.05, 0.1) is 0 Å². The molecule has 0 bridgehead atoms. The zero-order valence-electron chi connectivity index (χ0n) is 13.1. The van der Waals surface area contributed by atoms with Crippen molar-refractivity contribution in [2.45, 2.75) is 70.1 Å². The summed E-state index contributed by atoms with van der Waals surface area (Å²) in [5.74, 6) is 1.00. The number of hydrogen-bond donors (Lipinski definition) is 1. The minimum atomic E-state index is 0.803. The Kier molecular flexibility index (Phi) is 4.00. The van der Waals surface area contributed by atoms with Crippen molar-refractivity contribution in [3.05, 3.63) is 35.4 Å². The molecule has 1 heterocycles. The maximum Gasteiger partial charge on any atom is 0.0236 e. The Hall–Kier alpha value is -0.860. The molecule has 0 aromatic heterocycles. The maximum absolute atomic E-state index is 3.59. The van der Waals surface area contributed by atoms with Crippen LogP contribution in [0, 0.1) is 5.92 Å². The van der Waals surface area contributed by atoms with Gasteiger partial charge in [-0.25, -0.2) is 0 Å². The van der Waals surface area contributed by atoms with Gasteiger partial charge in [-0.1, -0.05) is 37.1 Å². The van der Waals surface area contributed by atoms with Gasteiger partial charge in [-0.15, -0.1) is 0 Å². The third kappa shape index (κ3) is 3.32. The van der Waals surface area contributed by atoms with Crippen molar-refractivity contribution in [1.82, 2.24) is 10.2 Å². The molecule has 2 heteroatoms. The molecule has 114 valence electrons. The van der Waals surface area contributed by atoms with E-state index in [1.165, 1.54) is 62.6 Å². The summed E-state index contributed by atoms with van der Waals surface area (Å²) in [6.07, 6.45) is 10.0. The fourth-order valence-corrected chi connectivity index (χ4v) is 4.25. The van der Waals surface area contributed by atoms with Crippen LogP contribution in [0.3, 0.4) is 0 Å². The summed E-state index contributed by atoms with van der Waals surface area (Å²) in [5, 5.41) is 3.59. The van der Waals surface area contributed by atoms with E-state index in [0.29, 0.717) is 0 Å². The third-order valence-electron chi connectivity index (χ3n) is 5.71. The maximum atomic E-state index is 3.59. The van der Waals surface area contributed by atoms with Gasteiger partial charge in [0, 0.05) is 25.2 Å². The molecule has 0 radical (unpaired) electrons. The normalized spacial score (nSPS) is 29.5. The molecule has 0 amide bonds. The Labute approximate surface area is 128 Å². The topological polar surface area (TPSA) is 15.3 Å². The van der Waals surface area contributed by atoms with Crippen LogP contribution in [0.15, 0.2) is 24.3 Å². The Morgan fingerprint density at radius 1 is 0.905 bits per heavy atom. The smallest absolute Gasteiger partial charge is 0.0236 e. The zero-order chi connectivity index (χ0) is 14.1. The van der Waals surface area contributed by atoms with Crippen molar-refractivity contribution in [2.24, 2.45) is 5.92 Å². The number of rotatable bonds is 5. The van der Waals surface area contributed by atoms with E-state index < -0.39 is 0 Å². The highest BCUT2D eigenvalue weighted by atomic mass is 15.2. The van der Waals surface area contributed by atoms with E-state index in [4.69, 9.17) is 0 Å². The number of nitrogens with zero attached hydrogens (tertiary/aromatic N) is 1. The van der Waals surface area contributed by atoms with Gasteiger partial charge in [-0.2, -0.15) is 0 Å². The third-order valence-corrected chi connectivity index (χ3v) is 5.71. The van der Waals surface area contributed by atoms with E-state index in [0.717, 1.165) is 31.1 Å². The molecule has 2 nitrogen and oxygen atoms in total. The molecule has 1 aromatic carbocycles. The Morgan fingerprint density at radius 3 is 2.48 bits per heavy atom. The second-order valence-corrected chi connectivity index (χ2v) is 7.34. The molecule has 2 saturated carbocycles. The minimum absolute atomic E-state index is 0.803. The number of likely N-dealkylation sites (tertiary alicyclic amines) is 1. The zero-order valence-corrected chi connectivity index (χ0v) is 13.1.